The largest absolute Gasteiger partial charge is 0.488 e. The van der Waals surface area contributed by atoms with Crippen molar-refractivity contribution < 1.29 is 18.9 Å². The first kappa shape index (κ1) is 30.6. The smallest absolute Gasteiger partial charge is 0.456 e. The number of hydrogen-bond acceptors (Lipinski definition) is 4. The number of rotatable bonds is 2. The van der Waals surface area contributed by atoms with Gasteiger partial charge in [-0.3, -0.25) is 0 Å². The Morgan fingerprint density at radius 1 is 0.477 bits per heavy atom. The van der Waals surface area contributed by atoms with Gasteiger partial charge in [0.2, 0.25) is 0 Å². The Bertz CT molecular complexity index is 2170. The minimum absolute atomic E-state index is 0.471. The van der Waals surface area contributed by atoms with Crippen molar-refractivity contribution in [3.05, 3.63) is 146 Å². The summed E-state index contributed by atoms with van der Waals surface area (Å²) in [7, 11) is -1.45. The molecule has 0 atom stereocenters. The molecule has 6 aromatic carbocycles. The predicted octanol–water partition coefficient (Wildman–Crippen LogP) is 10.3. The lowest BCUT2D eigenvalue weighted by atomic mass is 9.80. The van der Waals surface area contributed by atoms with Crippen molar-refractivity contribution in [3.63, 3.8) is 0 Å². The van der Waals surface area contributed by atoms with Crippen LogP contribution >= 0.6 is 54.5 Å². The van der Waals surface area contributed by atoms with E-state index < -0.39 is 7.12 Å². The fourth-order valence-electron chi connectivity index (χ4n) is 4.88. The van der Waals surface area contributed by atoms with Crippen molar-refractivity contribution in [2.24, 2.45) is 0 Å². The molecule has 0 saturated heterocycles. The normalized spacial score (nSPS) is 10.8. The Kier molecular flexibility index (Phi) is 9.54. The monoisotopic (exact) mass is 816 g/mol. The summed E-state index contributed by atoms with van der Waals surface area (Å²) in [6.07, 6.45) is 0. The Morgan fingerprint density at radius 2 is 0.932 bits per heavy atom. The van der Waals surface area contributed by atoms with Crippen molar-refractivity contribution in [2.75, 3.05) is 0 Å². The van der Waals surface area contributed by atoms with Gasteiger partial charge < -0.3 is 18.9 Å². The van der Waals surface area contributed by atoms with E-state index in [4.69, 9.17) is 18.9 Å². The van der Waals surface area contributed by atoms with E-state index in [1.54, 1.807) is 18.2 Å². The van der Waals surface area contributed by atoms with Gasteiger partial charge in [0, 0.05) is 34.1 Å². The maximum Gasteiger partial charge on any atom is 0.488 e. The molecule has 0 radical (unpaired) electrons. The molecule has 0 amide bonds. The highest BCUT2D eigenvalue weighted by Crippen LogP contribution is 2.32. The first-order valence-electron chi connectivity index (χ1n) is 13.7. The van der Waals surface area contributed by atoms with E-state index in [2.05, 4.69) is 109 Å². The molecule has 2 N–H and O–H groups in total. The van der Waals surface area contributed by atoms with Gasteiger partial charge in [-0.05, 0) is 106 Å². The van der Waals surface area contributed by atoms with Gasteiger partial charge in [0.25, 0.3) is 0 Å². The highest BCUT2D eigenvalue weighted by Gasteiger charge is 2.14. The number of benzene rings is 6. The summed E-state index contributed by atoms with van der Waals surface area (Å²) in [5, 5.41) is 22.5. The second-order valence-corrected chi connectivity index (χ2v) is 13.1. The van der Waals surface area contributed by atoms with Gasteiger partial charge in [-0.2, -0.15) is 0 Å². The number of hydrogen-bond donors (Lipinski definition) is 2. The quantitative estimate of drug-likeness (QED) is 0.135. The van der Waals surface area contributed by atoms with E-state index in [1.165, 1.54) is 25.5 Å². The van der Waals surface area contributed by atoms with Gasteiger partial charge in [-0.25, -0.2) is 0 Å². The molecular weight excluding hydrogens is 794 g/mol. The predicted molar refractivity (Wildman–Crippen MR) is 197 cm³/mol. The summed E-state index contributed by atoms with van der Waals surface area (Å²) < 4.78 is 15.0. The number of furan rings is 2. The van der Waals surface area contributed by atoms with Crippen LogP contribution in [0, 0.1) is 3.57 Å². The molecule has 0 aliphatic heterocycles. The molecule has 44 heavy (non-hydrogen) atoms. The number of fused-ring (bicyclic) bond motifs is 6. The zero-order chi connectivity index (χ0) is 30.6. The Hall–Kier alpha value is -3.41. The Labute approximate surface area is 284 Å². The second-order valence-electron chi connectivity index (χ2n) is 9.98. The van der Waals surface area contributed by atoms with Crippen molar-refractivity contribution in [1.82, 2.24) is 0 Å². The average Bonchev–Trinajstić information content (AvgIpc) is 3.61. The standard InChI is InChI=1S/C18H11BrO.C12H9BO3.C6H4BrI/c19-14-8-5-12(6-9-14)13-7-10-18-16(11-13)15-3-1-2-4-17(15)20-18;14-13(15)8-5-6-12-10(7-8)9-3-1-2-4-11(9)16-12;7-5-1-3-6(8)4-2-5/h1-11H;1-7,14-15H;1-4H. The molecule has 0 bridgehead atoms. The minimum Gasteiger partial charge on any atom is -0.456 e. The van der Waals surface area contributed by atoms with E-state index in [-0.39, 0.29) is 0 Å². The summed E-state index contributed by atoms with van der Waals surface area (Å²) in [5.41, 5.74) is 6.33. The zero-order valence-electron chi connectivity index (χ0n) is 23.1. The molecule has 0 unspecified atom stereocenters. The van der Waals surface area contributed by atoms with Crippen LogP contribution in [0.25, 0.3) is 55.0 Å². The number of halogens is 3. The van der Waals surface area contributed by atoms with Crippen LogP contribution in [0.1, 0.15) is 0 Å². The molecule has 4 nitrogen and oxygen atoms in total. The topological polar surface area (TPSA) is 66.7 Å². The molecule has 2 heterocycles. The van der Waals surface area contributed by atoms with E-state index >= 15 is 0 Å². The maximum atomic E-state index is 9.12. The molecule has 0 fully saturated rings. The summed E-state index contributed by atoms with van der Waals surface area (Å²) in [6, 6.07) is 43.9. The van der Waals surface area contributed by atoms with E-state index in [9.17, 15) is 0 Å². The van der Waals surface area contributed by atoms with Gasteiger partial charge in [0.15, 0.2) is 0 Å². The van der Waals surface area contributed by atoms with Crippen LogP contribution in [0.15, 0.2) is 151 Å². The highest BCUT2D eigenvalue weighted by molar-refractivity contribution is 14.1. The molecular formula is C36H24BBr2IO4. The molecule has 8 heteroatoms. The van der Waals surface area contributed by atoms with Gasteiger partial charge in [0.05, 0.1) is 0 Å². The van der Waals surface area contributed by atoms with Gasteiger partial charge in [-0.1, -0.05) is 98.6 Å². The molecule has 8 aromatic rings. The molecule has 0 aliphatic rings. The van der Waals surface area contributed by atoms with Gasteiger partial charge >= 0.3 is 7.12 Å². The third-order valence-electron chi connectivity index (χ3n) is 7.06. The molecule has 0 saturated carbocycles. The van der Waals surface area contributed by atoms with Crippen LogP contribution in [0.5, 0.6) is 0 Å². The molecule has 0 aliphatic carbocycles. The zero-order valence-corrected chi connectivity index (χ0v) is 28.5. The Balaban J connectivity index is 0.000000128. The van der Waals surface area contributed by atoms with E-state index in [0.29, 0.717) is 5.46 Å². The lowest BCUT2D eigenvalue weighted by Gasteiger charge is -2.02. The van der Waals surface area contributed by atoms with Crippen molar-refractivity contribution >= 4 is 111 Å². The second kappa shape index (κ2) is 13.7. The summed E-state index contributed by atoms with van der Waals surface area (Å²) >= 11 is 9.09. The number of para-hydroxylation sites is 2. The van der Waals surface area contributed by atoms with Crippen LogP contribution in [0.4, 0.5) is 0 Å². The minimum atomic E-state index is -1.45. The fraction of sp³-hybridized carbons (Fsp3) is 0. The lowest BCUT2D eigenvalue weighted by Crippen LogP contribution is -2.29. The third-order valence-corrected chi connectivity index (χ3v) is 8.83. The van der Waals surface area contributed by atoms with Crippen molar-refractivity contribution in [3.8, 4) is 11.1 Å². The highest BCUT2D eigenvalue weighted by atomic mass is 127. The van der Waals surface area contributed by atoms with Crippen molar-refractivity contribution in [1.29, 1.82) is 0 Å². The van der Waals surface area contributed by atoms with E-state index in [1.807, 2.05) is 60.7 Å². The van der Waals surface area contributed by atoms with Crippen molar-refractivity contribution in [2.45, 2.75) is 0 Å². The van der Waals surface area contributed by atoms with Gasteiger partial charge in [0.1, 0.15) is 22.3 Å². The third kappa shape index (κ3) is 6.95. The van der Waals surface area contributed by atoms with Crippen LogP contribution < -0.4 is 5.46 Å². The van der Waals surface area contributed by atoms with E-state index in [0.717, 1.165) is 42.0 Å². The first-order chi connectivity index (χ1) is 21.4. The maximum absolute atomic E-state index is 9.12. The summed E-state index contributed by atoms with van der Waals surface area (Å²) in [5.74, 6) is 0. The molecule has 8 rings (SSSR count). The van der Waals surface area contributed by atoms with Crippen LogP contribution in [0.2, 0.25) is 0 Å². The first-order valence-corrected chi connectivity index (χ1v) is 16.4. The molecule has 0 spiro atoms. The Morgan fingerprint density at radius 3 is 1.48 bits per heavy atom. The van der Waals surface area contributed by atoms with Crippen LogP contribution in [-0.2, 0) is 0 Å². The summed E-state index contributed by atoms with van der Waals surface area (Å²) in [6.45, 7) is 0. The summed E-state index contributed by atoms with van der Waals surface area (Å²) in [4.78, 5) is 0. The molecule has 2 aromatic heterocycles. The van der Waals surface area contributed by atoms with Crippen LogP contribution in [0.3, 0.4) is 0 Å². The SMILES string of the molecule is Brc1ccc(-c2ccc3oc4ccccc4c3c2)cc1.Brc1ccc(I)cc1.OB(O)c1ccc2oc3ccccc3c2c1. The van der Waals surface area contributed by atoms with Crippen LogP contribution in [-0.4, -0.2) is 17.2 Å². The molecule has 216 valence electrons. The van der Waals surface area contributed by atoms with Gasteiger partial charge in [-0.15, -0.1) is 0 Å². The fourth-order valence-corrected chi connectivity index (χ4v) is 5.77. The lowest BCUT2D eigenvalue weighted by molar-refractivity contribution is 0.426. The average molecular weight is 818 g/mol.